The van der Waals surface area contributed by atoms with E-state index in [4.69, 9.17) is 13.8 Å². The molecule has 10 heteroatoms. The van der Waals surface area contributed by atoms with Gasteiger partial charge in [-0.3, -0.25) is 18.6 Å². The number of quaternary nitrogens is 1. The van der Waals surface area contributed by atoms with Crippen molar-refractivity contribution in [3.63, 3.8) is 0 Å². The molecule has 0 radical (unpaired) electrons. The van der Waals surface area contributed by atoms with Crippen LogP contribution in [0.15, 0.2) is 60.8 Å². The van der Waals surface area contributed by atoms with E-state index in [0.29, 0.717) is 23.9 Å². The number of carbonyl (C=O) groups excluding carboxylic acids is 2. The number of nitrogens with zero attached hydrogens (tertiary/aromatic N) is 1. The van der Waals surface area contributed by atoms with Crippen LogP contribution in [-0.2, 0) is 27.9 Å². The molecule has 1 amide bonds. The molecule has 0 aliphatic carbocycles. The van der Waals surface area contributed by atoms with Gasteiger partial charge in [0.2, 0.25) is 5.91 Å². The fourth-order valence-corrected chi connectivity index (χ4v) is 10.8. The highest BCUT2D eigenvalue weighted by Gasteiger charge is 2.30. The van der Waals surface area contributed by atoms with Crippen LogP contribution in [0.2, 0.25) is 0 Å². The Kier molecular flexibility index (Phi) is 59.1. The van der Waals surface area contributed by atoms with Crippen LogP contribution in [0.1, 0.15) is 329 Å². The first-order chi connectivity index (χ1) is 39.4. The molecule has 0 aliphatic heterocycles. The van der Waals surface area contributed by atoms with Crippen LogP contribution < -0.4 is 5.32 Å². The lowest BCUT2D eigenvalue weighted by molar-refractivity contribution is -0.870. The zero-order chi connectivity index (χ0) is 59.3. The maximum Gasteiger partial charge on any atom is 0.472 e. The summed E-state index contributed by atoms with van der Waals surface area (Å²) in [6.45, 7) is 7.02. The minimum absolute atomic E-state index is 0.0394. The minimum atomic E-state index is -4.45. The van der Waals surface area contributed by atoms with Gasteiger partial charge in [0.1, 0.15) is 19.3 Å². The fraction of sp³-hybridized carbons (Fsp3) is 0.831. The Morgan fingerprint density at radius 1 is 0.432 bits per heavy atom. The van der Waals surface area contributed by atoms with Gasteiger partial charge in [-0.15, -0.1) is 0 Å². The molecule has 474 valence electrons. The van der Waals surface area contributed by atoms with E-state index in [0.717, 1.165) is 89.9 Å². The third-order valence-corrected chi connectivity index (χ3v) is 16.4. The number of allylic oxidation sites excluding steroid dienone is 9. The van der Waals surface area contributed by atoms with Crippen molar-refractivity contribution in [3.8, 4) is 0 Å². The summed E-state index contributed by atoms with van der Waals surface area (Å²) in [7, 11) is 1.50. The minimum Gasteiger partial charge on any atom is -0.456 e. The average molecular weight is 1160 g/mol. The zero-order valence-electron chi connectivity index (χ0n) is 54.3. The van der Waals surface area contributed by atoms with Gasteiger partial charge in [-0.05, 0) is 76.7 Å². The molecule has 0 saturated heterocycles. The van der Waals surface area contributed by atoms with Crippen molar-refractivity contribution in [2.75, 3.05) is 40.9 Å². The summed E-state index contributed by atoms with van der Waals surface area (Å²) in [5.74, 6) is -0.498. The van der Waals surface area contributed by atoms with E-state index in [1.54, 1.807) is 0 Å². The number of carbonyl (C=O) groups is 2. The normalized spacial score (nSPS) is 13.9. The largest absolute Gasteiger partial charge is 0.472 e. The molecular formula is C71H134N2O7P+. The third-order valence-electron chi connectivity index (χ3n) is 15.5. The highest BCUT2D eigenvalue weighted by atomic mass is 31.2. The summed E-state index contributed by atoms with van der Waals surface area (Å²) < 4.78 is 30.8. The van der Waals surface area contributed by atoms with Crippen molar-refractivity contribution >= 4 is 19.7 Å². The number of unbranched alkanes of at least 4 members (excludes halogenated alkanes) is 39. The molecule has 0 aliphatic rings. The number of likely N-dealkylation sites (N-methyl/N-ethyl adjacent to an activating group) is 1. The zero-order valence-corrected chi connectivity index (χ0v) is 55.2. The van der Waals surface area contributed by atoms with E-state index in [1.165, 1.54) is 205 Å². The standard InChI is InChI=1S/C71H133N2O7P/c1-7-10-13-16-19-22-25-28-30-32-33-34-35-36-37-38-39-41-42-45-48-51-54-57-60-63-70(74)72-68(67-79-81(76,77)78-66-65-73(4,5)6)69(62-59-56-53-50-47-44-27-24-21-18-15-12-9-3)80-71(75)64-61-58-55-52-49-46-43-40-31-29-26-23-20-17-14-11-8-2/h19,22,28,30,33-34,36-37,59,62,68-69H,7-18,20-21,23-27,29,31-32,35,38-58,60-61,63-67H2,1-6H3,(H-,72,74,76,77)/p+1/b22-19-,30-28-,34-33-,37-36-,62-59-. The number of hydrogen-bond acceptors (Lipinski definition) is 6. The Bertz CT molecular complexity index is 1570. The molecule has 0 saturated carbocycles. The lowest BCUT2D eigenvalue weighted by Crippen LogP contribution is -2.47. The predicted octanol–water partition coefficient (Wildman–Crippen LogP) is 21.8. The Labute approximate surface area is 502 Å². The van der Waals surface area contributed by atoms with E-state index in [2.05, 4.69) is 74.7 Å². The summed E-state index contributed by atoms with van der Waals surface area (Å²) in [6.07, 6.45) is 77.9. The van der Waals surface area contributed by atoms with Crippen molar-refractivity contribution in [3.05, 3.63) is 60.8 Å². The van der Waals surface area contributed by atoms with Crippen molar-refractivity contribution in [2.45, 2.75) is 341 Å². The van der Waals surface area contributed by atoms with Crippen molar-refractivity contribution in [1.29, 1.82) is 0 Å². The first-order valence-electron chi connectivity index (χ1n) is 34.6. The lowest BCUT2D eigenvalue weighted by Gasteiger charge is -2.27. The molecule has 9 nitrogen and oxygen atoms in total. The number of phosphoric ester groups is 1. The first kappa shape index (κ1) is 78.7. The number of ether oxygens (including phenoxy) is 1. The smallest absolute Gasteiger partial charge is 0.456 e. The average Bonchev–Trinajstić information content (AvgIpc) is 3.44. The fourth-order valence-electron chi connectivity index (χ4n) is 10.1. The summed E-state index contributed by atoms with van der Waals surface area (Å²) in [6, 6.07) is -0.851. The van der Waals surface area contributed by atoms with Gasteiger partial charge in [-0.1, -0.05) is 300 Å². The topological polar surface area (TPSA) is 111 Å². The molecule has 81 heavy (non-hydrogen) atoms. The van der Waals surface area contributed by atoms with Gasteiger partial charge in [-0.25, -0.2) is 4.57 Å². The van der Waals surface area contributed by atoms with E-state index in [-0.39, 0.29) is 25.1 Å². The molecule has 0 spiro atoms. The van der Waals surface area contributed by atoms with Gasteiger partial charge in [0.15, 0.2) is 0 Å². The van der Waals surface area contributed by atoms with E-state index < -0.39 is 20.0 Å². The van der Waals surface area contributed by atoms with Gasteiger partial charge < -0.3 is 19.4 Å². The quantitative estimate of drug-likeness (QED) is 0.0205. The summed E-state index contributed by atoms with van der Waals surface area (Å²) in [5.41, 5.74) is 0. The summed E-state index contributed by atoms with van der Waals surface area (Å²) in [4.78, 5) is 37.9. The Hall–Kier alpha value is -2.29. The molecule has 0 rings (SSSR count). The second kappa shape index (κ2) is 60.8. The number of rotatable bonds is 63. The van der Waals surface area contributed by atoms with E-state index >= 15 is 0 Å². The van der Waals surface area contributed by atoms with Crippen molar-refractivity contribution < 1.29 is 37.3 Å². The van der Waals surface area contributed by atoms with Crippen LogP contribution in [0.4, 0.5) is 0 Å². The maximum absolute atomic E-state index is 13.6. The van der Waals surface area contributed by atoms with Crippen LogP contribution >= 0.6 is 7.82 Å². The van der Waals surface area contributed by atoms with Gasteiger partial charge in [0, 0.05) is 12.8 Å². The summed E-state index contributed by atoms with van der Waals surface area (Å²) >= 11 is 0. The Morgan fingerprint density at radius 2 is 0.753 bits per heavy atom. The number of esters is 1. The van der Waals surface area contributed by atoms with Crippen molar-refractivity contribution in [2.24, 2.45) is 0 Å². The van der Waals surface area contributed by atoms with Crippen LogP contribution in [0.25, 0.3) is 0 Å². The van der Waals surface area contributed by atoms with E-state index in [1.807, 2.05) is 33.3 Å². The molecular weight excluding hydrogens is 1020 g/mol. The molecule has 0 bridgehead atoms. The highest BCUT2D eigenvalue weighted by Crippen LogP contribution is 2.43. The van der Waals surface area contributed by atoms with Gasteiger partial charge >= 0.3 is 13.8 Å². The molecule has 3 atom stereocenters. The first-order valence-corrected chi connectivity index (χ1v) is 36.1. The number of phosphoric acid groups is 1. The van der Waals surface area contributed by atoms with E-state index in [9.17, 15) is 19.0 Å². The SMILES string of the molecule is CCCCC/C=C\C/C=C\C/C=C\C/C=C\CCCCCCCCCCCC(=O)NC(COP(=O)(O)OCC[N+](C)(C)C)C(/C=C\CCCCCCCCCCCCC)OC(=O)CCCCCCCCCCCCCCCCCCC. The summed E-state index contributed by atoms with van der Waals surface area (Å²) in [5, 5.41) is 3.07. The van der Waals surface area contributed by atoms with Crippen LogP contribution in [0.3, 0.4) is 0 Å². The van der Waals surface area contributed by atoms with Gasteiger partial charge in [0.25, 0.3) is 0 Å². The third kappa shape index (κ3) is 62.1. The van der Waals surface area contributed by atoms with Crippen LogP contribution in [0.5, 0.6) is 0 Å². The second-order valence-electron chi connectivity index (χ2n) is 24.7. The molecule has 0 heterocycles. The van der Waals surface area contributed by atoms with Gasteiger partial charge in [0.05, 0.1) is 33.8 Å². The molecule has 0 aromatic carbocycles. The molecule has 0 aromatic rings. The second-order valence-corrected chi connectivity index (χ2v) is 26.2. The monoisotopic (exact) mass is 1160 g/mol. The number of hydrogen-bond donors (Lipinski definition) is 2. The Morgan fingerprint density at radius 3 is 1.15 bits per heavy atom. The highest BCUT2D eigenvalue weighted by molar-refractivity contribution is 7.47. The maximum atomic E-state index is 13.6. The number of nitrogens with one attached hydrogen (secondary N) is 1. The predicted molar refractivity (Wildman–Crippen MR) is 351 cm³/mol. The van der Waals surface area contributed by atoms with Crippen LogP contribution in [-0.4, -0.2) is 74.3 Å². The van der Waals surface area contributed by atoms with Crippen LogP contribution in [0, 0.1) is 0 Å². The van der Waals surface area contributed by atoms with Crippen molar-refractivity contribution in [1.82, 2.24) is 5.32 Å². The lowest BCUT2D eigenvalue weighted by atomic mass is 10.0. The molecule has 0 fully saturated rings. The molecule has 0 aromatic heterocycles. The van der Waals surface area contributed by atoms with Gasteiger partial charge in [-0.2, -0.15) is 0 Å². The molecule has 3 unspecified atom stereocenters. The number of amides is 1. The Balaban J connectivity index is 5.13. The molecule has 2 N–H and O–H groups in total.